The quantitative estimate of drug-likeness (QED) is 0.201. The maximum absolute atomic E-state index is 12.6. The third-order valence-electron chi connectivity index (χ3n) is 12.1. The van der Waals surface area contributed by atoms with Crippen LogP contribution in [0.2, 0.25) is 0 Å². The maximum Gasteiger partial charge on any atom is 0.302 e. The highest BCUT2D eigenvalue weighted by Crippen LogP contribution is 2.69. The van der Waals surface area contributed by atoms with Gasteiger partial charge in [0.25, 0.3) is 0 Å². The fraction of sp³-hybridized carbons (Fsp3) is 0.886. The van der Waals surface area contributed by atoms with Gasteiger partial charge in [0.05, 0.1) is 6.61 Å². The number of carbonyl (C=O) groups excluding carboxylic acids is 4. The Morgan fingerprint density at radius 1 is 0.744 bits per heavy atom. The van der Waals surface area contributed by atoms with Crippen molar-refractivity contribution in [3.05, 3.63) is 0 Å². The second kappa shape index (κ2) is 13.5. The van der Waals surface area contributed by atoms with Gasteiger partial charge in [0.15, 0.2) is 0 Å². The molecule has 0 amide bonds. The summed E-state index contributed by atoms with van der Waals surface area (Å²) in [6.45, 7) is 15.5. The molecule has 8 heteroatoms. The molecule has 0 N–H and O–H groups in total. The van der Waals surface area contributed by atoms with Gasteiger partial charge in [-0.05, 0) is 92.3 Å². The second-order valence-corrected chi connectivity index (χ2v) is 15.1. The van der Waals surface area contributed by atoms with E-state index in [1.165, 1.54) is 27.7 Å². The van der Waals surface area contributed by atoms with Gasteiger partial charge in [-0.2, -0.15) is 0 Å². The van der Waals surface area contributed by atoms with Crippen LogP contribution in [0.1, 0.15) is 120 Å². The Balaban J connectivity index is 1.70. The topological polar surface area (TPSA) is 105 Å². The molecule has 0 spiro atoms. The highest BCUT2D eigenvalue weighted by molar-refractivity contribution is 5.67. The van der Waals surface area contributed by atoms with E-state index in [2.05, 4.69) is 27.7 Å². The summed E-state index contributed by atoms with van der Waals surface area (Å²) in [7, 11) is 0. The summed E-state index contributed by atoms with van der Waals surface area (Å²) in [6, 6.07) is 0. The normalized spacial score (nSPS) is 39.1. The van der Waals surface area contributed by atoms with E-state index in [9.17, 15) is 19.2 Å². The Morgan fingerprint density at radius 3 is 2.02 bits per heavy atom. The van der Waals surface area contributed by atoms with Gasteiger partial charge in [-0.1, -0.05) is 40.5 Å². The number of hydrogen-bond donors (Lipinski definition) is 0. The van der Waals surface area contributed by atoms with Crippen LogP contribution in [0.5, 0.6) is 0 Å². The van der Waals surface area contributed by atoms with Gasteiger partial charge >= 0.3 is 23.9 Å². The van der Waals surface area contributed by atoms with Crippen LogP contribution in [0.25, 0.3) is 0 Å². The van der Waals surface area contributed by atoms with Crippen LogP contribution in [0.3, 0.4) is 0 Å². The van der Waals surface area contributed by atoms with Gasteiger partial charge in [-0.25, -0.2) is 0 Å². The van der Waals surface area contributed by atoms with Crippen molar-refractivity contribution in [1.29, 1.82) is 0 Å². The smallest absolute Gasteiger partial charge is 0.302 e. The summed E-state index contributed by atoms with van der Waals surface area (Å²) in [6.07, 6.45) is 8.44. The summed E-state index contributed by atoms with van der Waals surface area (Å²) in [5.41, 5.74) is -0.402. The van der Waals surface area contributed by atoms with E-state index in [4.69, 9.17) is 18.9 Å². The van der Waals surface area contributed by atoms with E-state index in [1.54, 1.807) is 0 Å². The van der Waals surface area contributed by atoms with Gasteiger partial charge in [-0.3, -0.25) is 19.2 Å². The van der Waals surface area contributed by atoms with Crippen molar-refractivity contribution >= 4 is 23.9 Å². The zero-order chi connectivity index (χ0) is 31.7. The fourth-order valence-electron chi connectivity index (χ4n) is 10.5. The SMILES string of the molecule is CC(=O)OC[C@H](CCCC(C)C)[C@H]1CC[C@H]2[C@@H]3C[C@@H](OC(C)=O)[C@H]4C[C@H](OC(C)=O)CC[C@]4(C)[C@H]3C[C@@H](OC(C)=O)[C@]12C. The number of carbonyl (C=O) groups is 4. The molecule has 4 rings (SSSR count). The lowest BCUT2D eigenvalue weighted by atomic mass is 9.43. The summed E-state index contributed by atoms with van der Waals surface area (Å²) < 4.78 is 23.7. The highest BCUT2D eigenvalue weighted by atomic mass is 16.6. The summed E-state index contributed by atoms with van der Waals surface area (Å²) >= 11 is 0. The predicted molar refractivity (Wildman–Crippen MR) is 161 cm³/mol. The molecular weight excluding hydrogens is 548 g/mol. The van der Waals surface area contributed by atoms with Crippen molar-refractivity contribution in [2.24, 2.45) is 52.3 Å². The van der Waals surface area contributed by atoms with Crippen LogP contribution >= 0.6 is 0 Å². The molecule has 4 aliphatic carbocycles. The second-order valence-electron chi connectivity index (χ2n) is 15.1. The van der Waals surface area contributed by atoms with Crippen molar-refractivity contribution in [1.82, 2.24) is 0 Å². The first-order valence-corrected chi connectivity index (χ1v) is 16.8. The third-order valence-corrected chi connectivity index (χ3v) is 12.1. The van der Waals surface area contributed by atoms with E-state index in [0.29, 0.717) is 36.7 Å². The van der Waals surface area contributed by atoms with Crippen molar-refractivity contribution in [2.45, 2.75) is 138 Å². The molecule has 0 saturated heterocycles. The molecule has 0 aromatic carbocycles. The maximum atomic E-state index is 12.6. The minimum Gasteiger partial charge on any atom is -0.466 e. The average Bonchev–Trinajstić information content (AvgIpc) is 3.24. The Labute approximate surface area is 258 Å². The van der Waals surface area contributed by atoms with E-state index in [1.807, 2.05) is 0 Å². The van der Waals surface area contributed by atoms with E-state index in [-0.39, 0.29) is 70.8 Å². The molecule has 4 saturated carbocycles. The number of fused-ring (bicyclic) bond motifs is 5. The Morgan fingerprint density at radius 2 is 1.42 bits per heavy atom. The molecule has 0 unspecified atom stereocenters. The molecule has 0 aromatic rings. The first-order chi connectivity index (χ1) is 20.2. The summed E-state index contributed by atoms with van der Waals surface area (Å²) in [5, 5.41) is 0. The summed E-state index contributed by atoms with van der Waals surface area (Å²) in [5.74, 6) is 1.00. The van der Waals surface area contributed by atoms with E-state index < -0.39 is 0 Å². The van der Waals surface area contributed by atoms with Gasteiger partial charge in [0.1, 0.15) is 18.3 Å². The minimum atomic E-state index is -0.275. The third kappa shape index (κ3) is 7.08. The van der Waals surface area contributed by atoms with Crippen LogP contribution in [0.4, 0.5) is 0 Å². The predicted octanol–water partition coefficient (Wildman–Crippen LogP) is 6.67. The molecule has 8 nitrogen and oxygen atoms in total. The molecule has 43 heavy (non-hydrogen) atoms. The van der Waals surface area contributed by atoms with Crippen LogP contribution in [-0.4, -0.2) is 48.8 Å². The van der Waals surface area contributed by atoms with Crippen LogP contribution in [0.15, 0.2) is 0 Å². The highest BCUT2D eigenvalue weighted by Gasteiger charge is 2.67. The zero-order valence-electron chi connectivity index (χ0n) is 27.8. The fourth-order valence-corrected chi connectivity index (χ4v) is 10.5. The Kier molecular flexibility index (Phi) is 10.6. The number of esters is 4. The van der Waals surface area contributed by atoms with Gasteiger partial charge < -0.3 is 18.9 Å². The average molecular weight is 605 g/mol. The monoisotopic (exact) mass is 604 g/mol. The molecule has 4 aliphatic rings. The van der Waals surface area contributed by atoms with Gasteiger partial charge in [0, 0.05) is 39.0 Å². The molecule has 4 fully saturated rings. The van der Waals surface area contributed by atoms with E-state index >= 15 is 0 Å². The first kappa shape index (κ1) is 33.8. The molecule has 11 atom stereocenters. The molecule has 0 radical (unpaired) electrons. The standard InChI is InChI=1S/C35H56O8/c1-20(2)10-9-11-25(19-40-21(3)36)28-12-13-29-27-17-32(42-23(5)38)31-16-26(41-22(4)37)14-15-34(31,7)30(27)18-33(35(28,29)8)43-24(6)39/h20,25-33H,9-19H2,1-8H3/t25-,26+,27-,28+,29-,30-,31+,32+,33+,34+,35+/m0/s1. The molecule has 0 aliphatic heterocycles. The van der Waals surface area contributed by atoms with Crippen LogP contribution in [0, 0.1) is 52.3 Å². The molecular formula is C35H56O8. The molecule has 0 aromatic heterocycles. The number of rotatable bonds is 10. The first-order valence-electron chi connectivity index (χ1n) is 16.8. The number of ether oxygens (including phenoxy) is 4. The molecule has 244 valence electrons. The lowest BCUT2D eigenvalue weighted by Crippen LogP contribution is -2.63. The molecule has 0 heterocycles. The lowest BCUT2D eigenvalue weighted by molar-refractivity contribution is -0.222. The van der Waals surface area contributed by atoms with E-state index in [0.717, 1.165) is 57.8 Å². The van der Waals surface area contributed by atoms with Crippen LogP contribution < -0.4 is 0 Å². The zero-order valence-corrected chi connectivity index (χ0v) is 27.8. The largest absolute Gasteiger partial charge is 0.466 e. The van der Waals surface area contributed by atoms with Crippen molar-refractivity contribution in [3.8, 4) is 0 Å². The summed E-state index contributed by atoms with van der Waals surface area (Å²) in [4.78, 5) is 48.8. The van der Waals surface area contributed by atoms with Crippen LogP contribution in [-0.2, 0) is 38.1 Å². The van der Waals surface area contributed by atoms with Crippen molar-refractivity contribution in [2.75, 3.05) is 6.61 Å². The minimum absolute atomic E-state index is 0.0723. The number of hydrogen-bond acceptors (Lipinski definition) is 8. The molecule has 0 bridgehead atoms. The lowest BCUT2D eigenvalue weighted by Gasteiger charge is -2.64. The Hall–Kier alpha value is -2.12. The van der Waals surface area contributed by atoms with Gasteiger partial charge in [0.2, 0.25) is 0 Å². The van der Waals surface area contributed by atoms with Gasteiger partial charge in [-0.15, -0.1) is 0 Å². The van der Waals surface area contributed by atoms with Crippen molar-refractivity contribution in [3.63, 3.8) is 0 Å². The Bertz CT molecular complexity index is 1040. The van der Waals surface area contributed by atoms with Crippen molar-refractivity contribution < 1.29 is 38.1 Å².